The van der Waals surface area contributed by atoms with Gasteiger partial charge in [0.05, 0.1) is 0 Å². The molecule has 1 atom stereocenters. The van der Waals surface area contributed by atoms with Gasteiger partial charge in [0.15, 0.2) is 0 Å². The highest BCUT2D eigenvalue weighted by Crippen LogP contribution is 2.39. The van der Waals surface area contributed by atoms with Crippen LogP contribution < -0.4 is 5.32 Å². The number of halogens is 1. The standard InChI is InChI=1S/C17H18ClN/c1-3-14-15-6-4-11(2)8-12(15)10-19-17-7-5-13(18)9-16(14)17/h4-9,14,19H,3,10H2,1-2H3. The van der Waals surface area contributed by atoms with Crippen molar-refractivity contribution >= 4 is 17.3 Å². The molecule has 0 saturated heterocycles. The van der Waals surface area contributed by atoms with Crippen LogP contribution in [0.15, 0.2) is 36.4 Å². The maximum atomic E-state index is 6.18. The van der Waals surface area contributed by atoms with E-state index in [4.69, 9.17) is 11.6 Å². The van der Waals surface area contributed by atoms with Crippen molar-refractivity contribution in [1.29, 1.82) is 0 Å². The molecule has 0 saturated carbocycles. The van der Waals surface area contributed by atoms with Gasteiger partial charge in [-0.2, -0.15) is 0 Å². The Bertz CT molecular complexity index is 619. The normalized spacial score (nSPS) is 17.1. The third-order valence-corrected chi connectivity index (χ3v) is 4.18. The van der Waals surface area contributed by atoms with Crippen LogP contribution >= 0.6 is 11.6 Å². The van der Waals surface area contributed by atoms with E-state index in [1.807, 2.05) is 6.07 Å². The minimum atomic E-state index is 0.430. The lowest BCUT2D eigenvalue weighted by Crippen LogP contribution is -2.01. The SMILES string of the molecule is CCC1c2ccc(C)cc2CNc2ccc(Cl)cc21. The monoisotopic (exact) mass is 271 g/mol. The van der Waals surface area contributed by atoms with Gasteiger partial charge in [-0.1, -0.05) is 42.3 Å². The topological polar surface area (TPSA) is 12.0 Å². The molecule has 0 radical (unpaired) electrons. The van der Waals surface area contributed by atoms with E-state index in [2.05, 4.69) is 49.5 Å². The Morgan fingerprint density at radius 3 is 2.79 bits per heavy atom. The van der Waals surface area contributed by atoms with E-state index in [0.717, 1.165) is 18.0 Å². The van der Waals surface area contributed by atoms with Gasteiger partial charge in [0, 0.05) is 23.2 Å². The van der Waals surface area contributed by atoms with Crippen molar-refractivity contribution in [3.63, 3.8) is 0 Å². The first-order valence-electron chi connectivity index (χ1n) is 6.81. The Balaban J connectivity index is 2.19. The molecule has 1 nitrogen and oxygen atoms in total. The number of nitrogens with one attached hydrogen (secondary N) is 1. The number of benzene rings is 2. The average Bonchev–Trinajstić information content (AvgIpc) is 2.54. The number of aryl methyl sites for hydroxylation is 1. The molecule has 3 rings (SSSR count). The van der Waals surface area contributed by atoms with Gasteiger partial charge in [0.25, 0.3) is 0 Å². The van der Waals surface area contributed by atoms with E-state index in [-0.39, 0.29) is 0 Å². The summed E-state index contributed by atoms with van der Waals surface area (Å²) in [6.45, 7) is 5.28. The van der Waals surface area contributed by atoms with E-state index in [1.165, 1.54) is 27.9 Å². The molecule has 1 aliphatic heterocycles. The summed E-state index contributed by atoms with van der Waals surface area (Å²) in [5.41, 5.74) is 6.68. The molecule has 1 aliphatic rings. The zero-order valence-corrected chi connectivity index (χ0v) is 12.1. The van der Waals surface area contributed by atoms with Gasteiger partial charge >= 0.3 is 0 Å². The molecule has 1 N–H and O–H groups in total. The quantitative estimate of drug-likeness (QED) is 0.759. The fourth-order valence-electron chi connectivity index (χ4n) is 3.01. The van der Waals surface area contributed by atoms with Gasteiger partial charge in [-0.05, 0) is 48.2 Å². The molecule has 1 unspecified atom stereocenters. The molecule has 0 amide bonds. The number of anilines is 1. The van der Waals surface area contributed by atoms with Gasteiger partial charge in [-0.15, -0.1) is 0 Å². The number of rotatable bonds is 1. The second kappa shape index (κ2) is 4.90. The second-order valence-electron chi connectivity index (χ2n) is 5.25. The Morgan fingerprint density at radius 2 is 2.00 bits per heavy atom. The van der Waals surface area contributed by atoms with E-state index < -0.39 is 0 Å². The molecule has 0 aromatic heterocycles. The second-order valence-corrected chi connectivity index (χ2v) is 5.68. The smallest absolute Gasteiger partial charge is 0.0410 e. The number of hydrogen-bond donors (Lipinski definition) is 1. The summed E-state index contributed by atoms with van der Waals surface area (Å²) >= 11 is 6.18. The van der Waals surface area contributed by atoms with Gasteiger partial charge in [0.2, 0.25) is 0 Å². The van der Waals surface area contributed by atoms with Crippen molar-refractivity contribution < 1.29 is 0 Å². The predicted octanol–water partition coefficient (Wildman–Crippen LogP) is 5.12. The number of fused-ring (bicyclic) bond motifs is 2. The molecule has 2 aromatic rings. The van der Waals surface area contributed by atoms with Crippen LogP contribution in [0.2, 0.25) is 5.02 Å². The van der Waals surface area contributed by atoms with Crippen LogP contribution in [0.1, 0.15) is 41.5 Å². The predicted molar refractivity (Wildman–Crippen MR) is 82.1 cm³/mol. The molecule has 2 heteroatoms. The highest BCUT2D eigenvalue weighted by molar-refractivity contribution is 6.30. The van der Waals surface area contributed by atoms with Crippen molar-refractivity contribution in [2.24, 2.45) is 0 Å². The molecule has 0 spiro atoms. The Morgan fingerprint density at radius 1 is 1.16 bits per heavy atom. The zero-order valence-electron chi connectivity index (χ0n) is 11.3. The summed E-state index contributed by atoms with van der Waals surface area (Å²) in [7, 11) is 0. The lowest BCUT2D eigenvalue weighted by Gasteiger charge is -2.18. The van der Waals surface area contributed by atoms with E-state index >= 15 is 0 Å². The van der Waals surface area contributed by atoms with E-state index in [1.54, 1.807) is 0 Å². The summed E-state index contributed by atoms with van der Waals surface area (Å²) in [6, 6.07) is 12.9. The molecule has 98 valence electrons. The summed E-state index contributed by atoms with van der Waals surface area (Å²) in [6.07, 6.45) is 1.09. The van der Waals surface area contributed by atoms with Crippen LogP contribution in [0.5, 0.6) is 0 Å². The number of hydrogen-bond acceptors (Lipinski definition) is 1. The molecular formula is C17H18ClN. The lowest BCUT2D eigenvalue weighted by molar-refractivity contribution is 0.777. The first-order chi connectivity index (χ1) is 9.19. The van der Waals surface area contributed by atoms with Gasteiger partial charge in [-0.3, -0.25) is 0 Å². The van der Waals surface area contributed by atoms with Crippen molar-refractivity contribution in [2.45, 2.75) is 32.7 Å². The Kier molecular flexibility index (Phi) is 3.24. The maximum absolute atomic E-state index is 6.18. The van der Waals surface area contributed by atoms with E-state index in [9.17, 15) is 0 Å². The molecular weight excluding hydrogens is 254 g/mol. The Labute approximate surface area is 119 Å². The van der Waals surface area contributed by atoms with Crippen LogP contribution in [-0.4, -0.2) is 0 Å². The van der Waals surface area contributed by atoms with Crippen LogP contribution in [0.25, 0.3) is 0 Å². The molecule has 2 aromatic carbocycles. The first-order valence-corrected chi connectivity index (χ1v) is 7.19. The minimum absolute atomic E-state index is 0.430. The van der Waals surface area contributed by atoms with Crippen molar-refractivity contribution in [3.8, 4) is 0 Å². The molecule has 19 heavy (non-hydrogen) atoms. The van der Waals surface area contributed by atoms with Crippen molar-refractivity contribution in [3.05, 3.63) is 63.7 Å². The largest absolute Gasteiger partial charge is 0.381 e. The highest BCUT2D eigenvalue weighted by Gasteiger charge is 2.22. The molecule has 0 aliphatic carbocycles. The Hall–Kier alpha value is -1.47. The van der Waals surface area contributed by atoms with Gasteiger partial charge in [0.1, 0.15) is 0 Å². The highest BCUT2D eigenvalue weighted by atomic mass is 35.5. The maximum Gasteiger partial charge on any atom is 0.0410 e. The minimum Gasteiger partial charge on any atom is -0.381 e. The third-order valence-electron chi connectivity index (χ3n) is 3.94. The zero-order chi connectivity index (χ0) is 13.4. The van der Waals surface area contributed by atoms with E-state index in [0.29, 0.717) is 5.92 Å². The first kappa shape index (κ1) is 12.6. The van der Waals surface area contributed by atoms with Crippen molar-refractivity contribution in [1.82, 2.24) is 0 Å². The van der Waals surface area contributed by atoms with Crippen LogP contribution in [0.4, 0.5) is 5.69 Å². The summed E-state index contributed by atoms with van der Waals surface area (Å²) in [5, 5.41) is 4.36. The van der Waals surface area contributed by atoms with Crippen LogP contribution in [0, 0.1) is 6.92 Å². The van der Waals surface area contributed by atoms with Crippen LogP contribution in [-0.2, 0) is 6.54 Å². The molecule has 0 fully saturated rings. The van der Waals surface area contributed by atoms with Gasteiger partial charge < -0.3 is 5.32 Å². The average molecular weight is 272 g/mol. The third kappa shape index (κ3) is 2.23. The summed E-state index contributed by atoms with van der Waals surface area (Å²) < 4.78 is 0. The van der Waals surface area contributed by atoms with Crippen LogP contribution in [0.3, 0.4) is 0 Å². The molecule has 1 heterocycles. The molecule has 0 bridgehead atoms. The van der Waals surface area contributed by atoms with Crippen molar-refractivity contribution in [2.75, 3.05) is 5.32 Å². The fourth-order valence-corrected chi connectivity index (χ4v) is 3.19. The summed E-state index contributed by atoms with van der Waals surface area (Å²) in [5.74, 6) is 0.430. The fraction of sp³-hybridized carbons (Fsp3) is 0.294. The summed E-state index contributed by atoms with van der Waals surface area (Å²) in [4.78, 5) is 0. The lowest BCUT2D eigenvalue weighted by atomic mass is 9.86. The van der Waals surface area contributed by atoms with Gasteiger partial charge in [-0.25, -0.2) is 0 Å².